The molecule has 0 saturated carbocycles. The number of ether oxygens (including phenoxy) is 3. The zero-order valence-electron chi connectivity index (χ0n) is 66.6. The van der Waals surface area contributed by atoms with Crippen molar-refractivity contribution >= 4 is 87.2 Å². The summed E-state index contributed by atoms with van der Waals surface area (Å²) in [7, 11) is 0. The molecule has 0 atom stereocenters. The summed E-state index contributed by atoms with van der Waals surface area (Å²) in [4.78, 5) is 20.1. The summed E-state index contributed by atoms with van der Waals surface area (Å²) in [6.07, 6.45) is 2.53. The third kappa shape index (κ3) is 12.3. The highest BCUT2D eigenvalue weighted by Crippen LogP contribution is 2.49. The SMILES string of the molecule is CCc1nc2cc(-c3cc(-c4ccc5ccccc5c4)cc(-c4ccc5ccccc5c4)c3)cc3c2n1-c1ccccc1O3.CCc1nc2cc(-c3ccc(-c4nc5ccccc5n4-c4ccccc4)cc3)cc3c2n1-c1ccccc1O3.CCc1nc2cc(-c3ccc4cc(-c5ccc6ccccc6c5)ccc4c3)cc3c2n1-c1ccccc1O3. The molecule has 25 rings (SSSR count). The van der Waals surface area contributed by atoms with Crippen LogP contribution in [0.2, 0.25) is 0 Å². The van der Waals surface area contributed by atoms with Crippen LogP contribution in [0.4, 0.5) is 0 Å². The van der Waals surface area contributed by atoms with E-state index in [1.807, 2.05) is 60.7 Å². The van der Waals surface area contributed by atoms with Gasteiger partial charge in [0.1, 0.15) is 39.8 Å². The Morgan fingerprint density at radius 1 is 0.207 bits per heavy atom. The molecule has 121 heavy (non-hydrogen) atoms. The number of hydrogen-bond acceptors (Lipinski definition) is 7. The third-order valence-corrected chi connectivity index (χ3v) is 24.0. The number of benzene rings is 18. The largest absolute Gasteiger partial charge is 0.453 e. The van der Waals surface area contributed by atoms with Crippen molar-refractivity contribution in [1.82, 2.24) is 38.2 Å². The topological polar surface area (TPSA) is 99.0 Å². The lowest BCUT2D eigenvalue weighted by Crippen LogP contribution is -2.07. The van der Waals surface area contributed by atoms with Crippen molar-refractivity contribution in [3.63, 3.8) is 0 Å². The van der Waals surface area contributed by atoms with Gasteiger partial charge in [-0.2, -0.15) is 0 Å². The Bertz CT molecular complexity index is 7870. The average molecular weight is 1560 g/mol. The number of imidazole rings is 4. The Labute approximate surface area is 698 Å². The molecule has 11 heteroatoms. The van der Waals surface area contributed by atoms with Gasteiger partial charge in [0.15, 0.2) is 34.5 Å². The number of nitrogens with zero attached hydrogens (tertiary/aromatic N) is 8. The molecule has 18 aromatic carbocycles. The quantitative estimate of drug-likeness (QED) is 0.127. The molecule has 0 amide bonds. The second-order valence-electron chi connectivity index (χ2n) is 31.3. The number of para-hydroxylation sites is 9. The molecule has 0 saturated heterocycles. The van der Waals surface area contributed by atoms with Gasteiger partial charge in [-0.25, -0.2) is 19.9 Å². The maximum atomic E-state index is 6.53. The van der Waals surface area contributed by atoms with Gasteiger partial charge >= 0.3 is 0 Å². The van der Waals surface area contributed by atoms with Crippen LogP contribution in [0.5, 0.6) is 34.5 Å². The van der Waals surface area contributed by atoms with E-state index in [1.165, 1.54) is 76.5 Å². The van der Waals surface area contributed by atoms with Crippen LogP contribution in [0.25, 0.3) is 188 Å². The van der Waals surface area contributed by atoms with Crippen LogP contribution in [-0.4, -0.2) is 38.2 Å². The van der Waals surface area contributed by atoms with Gasteiger partial charge in [-0.05, 0) is 255 Å². The zero-order chi connectivity index (χ0) is 80.3. The number of fused-ring (bicyclic) bond motifs is 11. The van der Waals surface area contributed by atoms with Gasteiger partial charge in [-0.15, -0.1) is 0 Å². The van der Waals surface area contributed by atoms with E-state index in [2.05, 4.69) is 348 Å². The maximum absolute atomic E-state index is 6.53. The van der Waals surface area contributed by atoms with Crippen molar-refractivity contribution in [2.24, 2.45) is 0 Å². The van der Waals surface area contributed by atoms with E-state index in [0.717, 1.165) is 183 Å². The van der Waals surface area contributed by atoms with Crippen LogP contribution in [0.3, 0.4) is 0 Å². The molecule has 0 N–H and O–H groups in total. The van der Waals surface area contributed by atoms with Gasteiger partial charge in [0.05, 0.1) is 44.6 Å². The Morgan fingerprint density at radius 2 is 0.504 bits per heavy atom. The minimum Gasteiger partial charge on any atom is -0.453 e. The van der Waals surface area contributed by atoms with Gasteiger partial charge < -0.3 is 14.2 Å². The summed E-state index contributed by atoms with van der Waals surface area (Å²) in [6.45, 7) is 6.45. The van der Waals surface area contributed by atoms with Crippen LogP contribution >= 0.6 is 0 Å². The van der Waals surface area contributed by atoms with E-state index in [9.17, 15) is 0 Å². The van der Waals surface area contributed by atoms with Crippen molar-refractivity contribution in [2.75, 3.05) is 0 Å². The lowest BCUT2D eigenvalue weighted by atomic mass is 9.91. The first-order valence-electron chi connectivity index (χ1n) is 41.5. The summed E-state index contributed by atoms with van der Waals surface area (Å²) < 4.78 is 28.3. The predicted octanol–water partition coefficient (Wildman–Crippen LogP) is 28.7. The molecule has 0 spiro atoms. The Kier molecular flexibility index (Phi) is 16.9. The van der Waals surface area contributed by atoms with Crippen molar-refractivity contribution < 1.29 is 14.2 Å². The lowest BCUT2D eigenvalue weighted by molar-refractivity contribution is 0.474. The number of rotatable bonds is 11. The first kappa shape index (κ1) is 70.7. The maximum Gasteiger partial charge on any atom is 0.154 e. The summed E-state index contributed by atoms with van der Waals surface area (Å²) in [5, 5.41) is 9.92. The van der Waals surface area contributed by atoms with Crippen molar-refractivity contribution in [3.8, 4) is 135 Å². The Morgan fingerprint density at radius 3 is 0.917 bits per heavy atom. The molecule has 0 aliphatic carbocycles. The first-order valence-corrected chi connectivity index (χ1v) is 41.5. The normalized spacial score (nSPS) is 12.1. The molecule has 4 aromatic heterocycles. The lowest BCUT2D eigenvalue weighted by Gasteiger charge is -2.21. The van der Waals surface area contributed by atoms with Gasteiger partial charge in [0.25, 0.3) is 0 Å². The standard InChI is InChI=1S/C41H28N2O.C35H24N2O.C34H24N4O/c1-2-40-42-36-24-35(25-39-41(36)43(40)37-13-7-8-14-38(37)44-39)34-22-32(30-17-15-26-9-3-5-11-28(26)19-30)21-33(23-34)31-18-16-27-10-4-6-12-29(27)20-31;1-2-34-36-30-20-29(21-33-35(30)37(34)31-9-5-6-10-32(31)38-33)28-16-15-26-18-25(13-14-27(26)19-28)24-12-11-22-7-3-4-8-23(22)17-24;1-2-32-35-27-20-24(21-31-33(27)38(32)29-14-8-9-15-30(29)39-31)22-16-18-23(19-17-22)34-36-26-12-6-7-13-28(26)37(34)25-10-4-3-5-11-25/h3-25H,2H2,1H3;3-21H,2H2,1H3;3-21H,2H2,1H3. The Balaban J connectivity index is 0.000000106. The van der Waals surface area contributed by atoms with Crippen LogP contribution in [-0.2, 0) is 19.3 Å². The van der Waals surface area contributed by atoms with Crippen molar-refractivity contribution in [1.29, 1.82) is 0 Å². The monoisotopic (exact) mass is 1560 g/mol. The van der Waals surface area contributed by atoms with E-state index < -0.39 is 0 Å². The van der Waals surface area contributed by atoms with Crippen LogP contribution in [0, 0.1) is 0 Å². The fourth-order valence-electron chi connectivity index (χ4n) is 18.1. The van der Waals surface area contributed by atoms with Crippen molar-refractivity contribution in [2.45, 2.75) is 40.0 Å². The molecular weight excluding hydrogens is 1480 g/mol. The van der Waals surface area contributed by atoms with Gasteiger partial charge in [0, 0.05) is 30.5 Å². The third-order valence-electron chi connectivity index (χ3n) is 24.0. The molecular formula is C110H76N8O3. The zero-order valence-corrected chi connectivity index (χ0v) is 66.6. The molecule has 7 heterocycles. The van der Waals surface area contributed by atoms with E-state index in [4.69, 9.17) is 34.1 Å². The number of aromatic nitrogens is 8. The van der Waals surface area contributed by atoms with E-state index in [0.29, 0.717) is 0 Å². The minimum absolute atomic E-state index is 0.835. The summed E-state index contributed by atoms with van der Waals surface area (Å²) in [6, 6.07) is 131. The highest BCUT2D eigenvalue weighted by Gasteiger charge is 2.29. The molecule has 0 fully saturated rings. The second kappa shape index (κ2) is 28.9. The van der Waals surface area contributed by atoms with Crippen LogP contribution in [0.1, 0.15) is 38.2 Å². The van der Waals surface area contributed by atoms with Gasteiger partial charge in [0.2, 0.25) is 0 Å². The van der Waals surface area contributed by atoms with Gasteiger partial charge in [-0.3, -0.25) is 18.3 Å². The van der Waals surface area contributed by atoms with E-state index in [-0.39, 0.29) is 0 Å². The smallest absolute Gasteiger partial charge is 0.154 e. The number of aryl methyl sites for hydroxylation is 3. The molecule has 574 valence electrons. The average Bonchev–Trinajstić information content (AvgIpc) is 1.60. The summed E-state index contributed by atoms with van der Waals surface area (Å²) >= 11 is 0. The van der Waals surface area contributed by atoms with Crippen LogP contribution < -0.4 is 14.2 Å². The second-order valence-corrected chi connectivity index (χ2v) is 31.3. The molecule has 0 radical (unpaired) electrons. The van der Waals surface area contributed by atoms with E-state index >= 15 is 0 Å². The molecule has 22 aromatic rings. The highest BCUT2D eigenvalue weighted by molar-refractivity contribution is 6.00. The molecule has 0 bridgehead atoms. The summed E-state index contributed by atoms with van der Waals surface area (Å²) in [5.74, 6) is 9.15. The summed E-state index contributed by atoms with van der Waals surface area (Å²) in [5.41, 5.74) is 27.2. The molecule has 3 aliphatic rings. The fourth-order valence-corrected chi connectivity index (χ4v) is 18.1. The minimum atomic E-state index is 0.835. The Hall–Kier alpha value is -15.7. The van der Waals surface area contributed by atoms with Crippen LogP contribution in [0.15, 0.2) is 370 Å². The molecule has 0 unspecified atom stereocenters. The molecule has 3 aliphatic heterocycles. The van der Waals surface area contributed by atoms with Crippen molar-refractivity contribution in [3.05, 3.63) is 388 Å². The highest BCUT2D eigenvalue weighted by atomic mass is 16.5. The van der Waals surface area contributed by atoms with Gasteiger partial charge in [-0.1, -0.05) is 245 Å². The number of hydrogen-bond donors (Lipinski definition) is 0. The fraction of sp³-hybridized carbons (Fsp3) is 0.0545. The predicted molar refractivity (Wildman–Crippen MR) is 494 cm³/mol. The van der Waals surface area contributed by atoms with E-state index in [1.54, 1.807) is 0 Å². The molecule has 11 nitrogen and oxygen atoms in total. The first-order chi connectivity index (χ1) is 59.7.